The fourth-order valence-corrected chi connectivity index (χ4v) is 15.1. The van der Waals surface area contributed by atoms with Crippen molar-refractivity contribution in [2.24, 2.45) is 50.2 Å². The highest BCUT2D eigenvalue weighted by Crippen LogP contribution is 2.76. The summed E-state index contributed by atoms with van der Waals surface area (Å²) >= 11 is 0. The monoisotopic (exact) mass is 943 g/mol. The molecule has 378 valence electrons. The molecule has 8 aliphatic rings. The fourth-order valence-electron chi connectivity index (χ4n) is 15.1. The van der Waals surface area contributed by atoms with Crippen LogP contribution in [0, 0.1) is 50.2 Å². The summed E-state index contributed by atoms with van der Waals surface area (Å²) in [5.41, 5.74) is -0.948. The van der Waals surface area contributed by atoms with Gasteiger partial charge in [0.25, 0.3) is 0 Å². The smallest absolute Gasteiger partial charge is 0.310 e. The second-order valence-electron chi connectivity index (χ2n) is 23.3. The molecule has 3 saturated heterocycles. The second kappa shape index (κ2) is 18.0. The molecule has 7 fully saturated rings. The van der Waals surface area contributed by atoms with Gasteiger partial charge in [-0.3, -0.25) is 4.79 Å². The summed E-state index contributed by atoms with van der Waals surface area (Å²) in [4.78, 5) is 13.2. The first-order valence-electron chi connectivity index (χ1n) is 24.3. The Morgan fingerprint density at radius 1 is 0.652 bits per heavy atom. The van der Waals surface area contributed by atoms with E-state index >= 15 is 0 Å². The lowest BCUT2D eigenvalue weighted by atomic mass is 9.33. The minimum absolute atomic E-state index is 0.0271. The zero-order valence-corrected chi connectivity index (χ0v) is 39.5. The van der Waals surface area contributed by atoms with Gasteiger partial charge in [0.05, 0.1) is 30.8 Å². The Hall–Kier alpha value is -1.43. The van der Waals surface area contributed by atoms with Crippen LogP contribution in [0.3, 0.4) is 0 Å². The van der Waals surface area contributed by atoms with E-state index in [0.29, 0.717) is 32.1 Å². The second-order valence-corrected chi connectivity index (χ2v) is 23.3. The summed E-state index contributed by atoms with van der Waals surface area (Å²) < 4.78 is 36.8. The van der Waals surface area contributed by atoms with Gasteiger partial charge < -0.3 is 84.6 Å². The number of rotatable bonds is 10. The Morgan fingerprint density at radius 3 is 1.80 bits per heavy atom. The van der Waals surface area contributed by atoms with Gasteiger partial charge in [-0.05, 0) is 116 Å². The fraction of sp³-hybridized carbons (Fsp3) is 0.938. The predicted molar refractivity (Wildman–Crippen MR) is 231 cm³/mol. The van der Waals surface area contributed by atoms with Crippen LogP contribution in [0.25, 0.3) is 0 Å². The van der Waals surface area contributed by atoms with Crippen LogP contribution in [-0.4, -0.2) is 180 Å². The van der Waals surface area contributed by atoms with Gasteiger partial charge in [-0.1, -0.05) is 53.2 Å². The largest absolute Gasteiger partial charge is 0.481 e. The maximum Gasteiger partial charge on any atom is 0.310 e. The average Bonchev–Trinajstić information content (AvgIpc) is 3.27. The van der Waals surface area contributed by atoms with Gasteiger partial charge in [0.1, 0.15) is 67.1 Å². The Balaban J connectivity index is 1.05. The highest BCUT2D eigenvalue weighted by molar-refractivity contribution is 5.76. The standard InChI is InChI=1S/C48H78O18/c1-22-30(52)33(55)36(58)39(61-22)65-38-35(57)32(54)26(20-50)63-41(38)66-37-34(56)31(53)25(19-49)62-40(37)64-29-11-12-45(5)27(43(29,2)3)10-13-47(7)28(45)9-8-23-24-18-44(4,21-51)14-16-48(24,42(59)60)17-15-46(23,47)6/h8,22,24-41,49-58H,9-21H2,1-7H3,(H,59,60)/t22-,24+,25+,26+,27+,28+,29-,30-,31+,32+,33+,34-,35-,36+,37+,38+,39-,40-,41-,44-,45-,46+,47+,48-/m0/s1. The molecule has 3 heterocycles. The molecule has 0 aromatic rings. The lowest BCUT2D eigenvalue weighted by Crippen LogP contribution is -2.67. The van der Waals surface area contributed by atoms with Crippen LogP contribution in [-0.2, 0) is 33.2 Å². The molecule has 0 radical (unpaired) electrons. The van der Waals surface area contributed by atoms with Crippen LogP contribution in [0.2, 0.25) is 0 Å². The number of fused-ring (bicyclic) bond motifs is 7. The molecule has 18 nitrogen and oxygen atoms in total. The predicted octanol–water partition coefficient (Wildman–Crippen LogP) is 0.706. The third kappa shape index (κ3) is 7.78. The maximum absolute atomic E-state index is 13.2. The van der Waals surface area contributed by atoms with Crippen LogP contribution < -0.4 is 0 Å². The molecule has 8 rings (SSSR count). The van der Waals surface area contributed by atoms with Crippen molar-refractivity contribution in [1.29, 1.82) is 0 Å². The van der Waals surface area contributed by atoms with E-state index in [1.54, 1.807) is 0 Å². The van der Waals surface area contributed by atoms with Gasteiger partial charge >= 0.3 is 5.97 Å². The topological polar surface area (TPSA) is 295 Å². The van der Waals surface area contributed by atoms with Crippen molar-refractivity contribution in [3.05, 3.63) is 11.6 Å². The van der Waals surface area contributed by atoms with Crippen molar-refractivity contribution in [2.45, 2.75) is 211 Å². The summed E-state index contributed by atoms with van der Waals surface area (Å²) in [6, 6.07) is 0. The van der Waals surface area contributed by atoms with Crippen LogP contribution in [0.15, 0.2) is 11.6 Å². The molecule has 0 amide bonds. The van der Waals surface area contributed by atoms with Gasteiger partial charge in [0, 0.05) is 6.61 Å². The molecule has 3 aliphatic heterocycles. The number of aliphatic carboxylic acids is 1. The minimum atomic E-state index is -1.84. The quantitative estimate of drug-likeness (QED) is 0.106. The molecule has 5 aliphatic carbocycles. The molecule has 0 aromatic carbocycles. The zero-order chi connectivity index (χ0) is 48.3. The Bertz CT molecular complexity index is 1800. The summed E-state index contributed by atoms with van der Waals surface area (Å²) in [6.07, 6.45) is -14.7. The van der Waals surface area contributed by atoms with Crippen LogP contribution in [0.5, 0.6) is 0 Å². The van der Waals surface area contributed by atoms with E-state index in [0.717, 1.165) is 32.1 Å². The molecular weight excluding hydrogens is 865 g/mol. The molecular formula is C48H78O18. The molecule has 0 aromatic heterocycles. The van der Waals surface area contributed by atoms with Crippen molar-refractivity contribution in [2.75, 3.05) is 19.8 Å². The number of allylic oxidation sites excluding steroid dienone is 2. The van der Waals surface area contributed by atoms with E-state index in [2.05, 4.69) is 47.6 Å². The molecule has 66 heavy (non-hydrogen) atoms. The molecule has 0 bridgehead atoms. The average molecular weight is 943 g/mol. The van der Waals surface area contributed by atoms with Gasteiger partial charge in [-0.15, -0.1) is 0 Å². The number of aliphatic hydroxyl groups excluding tert-OH is 10. The first kappa shape index (κ1) is 50.9. The van der Waals surface area contributed by atoms with Crippen molar-refractivity contribution in [1.82, 2.24) is 0 Å². The lowest BCUT2D eigenvalue weighted by Gasteiger charge is -2.71. The number of carboxylic acids is 1. The minimum Gasteiger partial charge on any atom is -0.481 e. The molecule has 18 heteroatoms. The van der Waals surface area contributed by atoms with Gasteiger partial charge in [0.15, 0.2) is 18.9 Å². The zero-order valence-electron chi connectivity index (χ0n) is 39.5. The van der Waals surface area contributed by atoms with Crippen molar-refractivity contribution < 1.29 is 89.4 Å². The highest BCUT2D eigenvalue weighted by Gasteiger charge is 2.70. The maximum atomic E-state index is 13.2. The lowest BCUT2D eigenvalue weighted by molar-refractivity contribution is -0.397. The number of hydrogen-bond donors (Lipinski definition) is 11. The van der Waals surface area contributed by atoms with E-state index in [4.69, 9.17) is 28.4 Å². The third-order valence-electron chi connectivity index (χ3n) is 19.6. The Morgan fingerprint density at radius 2 is 1.23 bits per heavy atom. The molecule has 0 spiro atoms. The van der Waals surface area contributed by atoms with Gasteiger partial charge in [-0.25, -0.2) is 0 Å². The van der Waals surface area contributed by atoms with Crippen molar-refractivity contribution >= 4 is 5.97 Å². The molecule has 24 atom stereocenters. The highest BCUT2D eigenvalue weighted by atomic mass is 16.8. The normalized spacial score (nSPS) is 54.8. The van der Waals surface area contributed by atoms with Crippen molar-refractivity contribution in [3.63, 3.8) is 0 Å². The third-order valence-corrected chi connectivity index (χ3v) is 19.6. The number of aliphatic hydroxyl groups is 10. The van der Waals surface area contributed by atoms with Crippen LogP contribution in [0.1, 0.15) is 113 Å². The van der Waals surface area contributed by atoms with E-state index in [9.17, 15) is 61.0 Å². The summed E-state index contributed by atoms with van der Waals surface area (Å²) in [7, 11) is 0. The Kier molecular flexibility index (Phi) is 13.9. The summed E-state index contributed by atoms with van der Waals surface area (Å²) in [5.74, 6) is -0.467. The summed E-state index contributed by atoms with van der Waals surface area (Å²) in [6.45, 7) is 13.6. The van der Waals surface area contributed by atoms with Crippen LogP contribution >= 0.6 is 0 Å². The van der Waals surface area contributed by atoms with Crippen molar-refractivity contribution in [3.8, 4) is 0 Å². The Labute approximate surface area is 387 Å². The van der Waals surface area contributed by atoms with E-state index in [1.807, 2.05) is 0 Å². The van der Waals surface area contributed by atoms with Gasteiger partial charge in [-0.2, -0.15) is 0 Å². The summed E-state index contributed by atoms with van der Waals surface area (Å²) in [5, 5.41) is 118. The van der Waals surface area contributed by atoms with E-state index in [1.165, 1.54) is 12.5 Å². The first-order chi connectivity index (χ1) is 30.9. The van der Waals surface area contributed by atoms with Gasteiger partial charge in [0.2, 0.25) is 0 Å². The molecule has 4 saturated carbocycles. The molecule has 0 unspecified atom stereocenters. The SMILES string of the molecule is C[C@@H]1O[C@@H](O[C@H]2[C@H](O[C@H]3[C@H](O[C@H]4CC[C@@]5(C)[C@H](CC[C@]6(C)[C@@H]5CC=C5[C@H]7C[C@@](C)(CO)CC[C@]7(C(=O)O)CC[C@]56C)C4(C)C)O[C@H](CO)[C@@H](O)[C@@H]3O)O[C@H](CO)[C@@H](O)[C@@H]2O)[C@H](O)[C@H](O)[C@H]1O. The number of carboxylic acid groups (broad SMARTS) is 1. The van der Waals surface area contributed by atoms with E-state index in [-0.39, 0.29) is 46.0 Å². The first-order valence-corrected chi connectivity index (χ1v) is 24.3. The molecule has 11 N–H and O–H groups in total. The number of carbonyl (C=O) groups is 1. The van der Waals surface area contributed by atoms with Crippen LogP contribution in [0.4, 0.5) is 0 Å². The number of ether oxygens (including phenoxy) is 6. The van der Waals surface area contributed by atoms with E-state index < -0.39 is 128 Å². The number of hydrogen-bond acceptors (Lipinski definition) is 17.